The van der Waals surface area contributed by atoms with E-state index >= 15 is 0 Å². The highest BCUT2D eigenvalue weighted by atomic mass is 19.1. The number of carboxylic acids is 1. The molecule has 0 amide bonds. The van der Waals surface area contributed by atoms with E-state index in [0.29, 0.717) is 5.69 Å². The molecule has 1 aromatic rings. The summed E-state index contributed by atoms with van der Waals surface area (Å²) in [5, 5.41) is 8.57. The number of imidazole rings is 1. The van der Waals surface area contributed by atoms with E-state index in [2.05, 4.69) is 9.97 Å². The number of aromatic amines is 1. The van der Waals surface area contributed by atoms with Gasteiger partial charge >= 0.3 is 5.97 Å². The van der Waals surface area contributed by atoms with Crippen molar-refractivity contribution in [3.05, 3.63) is 17.2 Å². The minimum absolute atomic E-state index is 0.143. The van der Waals surface area contributed by atoms with Gasteiger partial charge in [0, 0.05) is 5.69 Å². The van der Waals surface area contributed by atoms with Crippen LogP contribution >= 0.6 is 0 Å². The lowest BCUT2D eigenvalue weighted by Crippen LogP contribution is -2.11. The Morgan fingerprint density at radius 2 is 2.15 bits per heavy atom. The first-order chi connectivity index (χ1) is 5.82. The van der Waals surface area contributed by atoms with Crippen LogP contribution in [-0.2, 0) is 5.67 Å². The van der Waals surface area contributed by atoms with Gasteiger partial charge in [-0.25, -0.2) is 14.2 Å². The van der Waals surface area contributed by atoms with E-state index in [1.54, 1.807) is 6.92 Å². The lowest BCUT2D eigenvalue weighted by molar-refractivity contribution is 0.0684. The molecule has 0 aliphatic rings. The molecule has 72 valence electrons. The fourth-order valence-corrected chi connectivity index (χ4v) is 1.14. The number of aromatic nitrogens is 2. The predicted molar refractivity (Wildman–Crippen MR) is 44.4 cm³/mol. The number of alkyl halides is 1. The van der Waals surface area contributed by atoms with Crippen molar-refractivity contribution in [1.82, 2.24) is 9.97 Å². The summed E-state index contributed by atoms with van der Waals surface area (Å²) < 4.78 is 13.4. The Bertz CT molecular complexity index is 338. The van der Waals surface area contributed by atoms with Gasteiger partial charge in [-0.2, -0.15) is 0 Å². The summed E-state index contributed by atoms with van der Waals surface area (Å²) in [5.41, 5.74) is -1.02. The highest BCUT2D eigenvalue weighted by Crippen LogP contribution is 2.25. The zero-order valence-corrected chi connectivity index (χ0v) is 7.68. The third kappa shape index (κ3) is 1.85. The van der Waals surface area contributed by atoms with Crippen molar-refractivity contribution in [3.63, 3.8) is 0 Å². The maximum absolute atomic E-state index is 13.4. The molecular weight excluding hydrogens is 175 g/mol. The highest BCUT2D eigenvalue weighted by molar-refractivity contribution is 5.83. The summed E-state index contributed by atoms with van der Waals surface area (Å²) in [6.45, 7) is 4.26. The fourth-order valence-electron chi connectivity index (χ4n) is 1.14. The van der Waals surface area contributed by atoms with Gasteiger partial charge in [0.1, 0.15) is 5.67 Å². The molecule has 0 fully saturated rings. The molecule has 13 heavy (non-hydrogen) atoms. The zero-order valence-electron chi connectivity index (χ0n) is 7.68. The number of halogens is 1. The van der Waals surface area contributed by atoms with Crippen LogP contribution in [0.15, 0.2) is 0 Å². The molecule has 0 saturated carbocycles. The average molecular weight is 186 g/mol. The predicted octanol–water partition coefficient (Wildman–Crippen LogP) is 1.62. The number of nitrogens with zero attached hydrogens (tertiary/aromatic N) is 1. The van der Waals surface area contributed by atoms with Crippen LogP contribution in [0.5, 0.6) is 0 Å². The molecule has 4 nitrogen and oxygen atoms in total. The molecule has 0 unspecified atom stereocenters. The van der Waals surface area contributed by atoms with Crippen LogP contribution < -0.4 is 0 Å². The largest absolute Gasteiger partial charge is 0.475 e. The van der Waals surface area contributed by atoms with E-state index in [-0.39, 0.29) is 11.5 Å². The smallest absolute Gasteiger partial charge is 0.371 e. The quantitative estimate of drug-likeness (QED) is 0.737. The van der Waals surface area contributed by atoms with Gasteiger partial charge in [-0.15, -0.1) is 0 Å². The number of aromatic carboxylic acids is 1. The lowest BCUT2D eigenvalue weighted by atomic mass is 10.1. The van der Waals surface area contributed by atoms with Gasteiger partial charge in [-0.1, -0.05) is 0 Å². The molecule has 1 rings (SSSR count). The van der Waals surface area contributed by atoms with Gasteiger partial charge in [-0.05, 0) is 20.8 Å². The number of carboxylic acid groups (broad SMARTS) is 1. The average Bonchev–Trinajstić information content (AvgIpc) is 2.29. The van der Waals surface area contributed by atoms with Crippen molar-refractivity contribution >= 4 is 5.97 Å². The van der Waals surface area contributed by atoms with E-state index in [9.17, 15) is 9.18 Å². The van der Waals surface area contributed by atoms with E-state index in [1.807, 2.05) is 0 Å². The Hall–Kier alpha value is -1.39. The van der Waals surface area contributed by atoms with Gasteiger partial charge in [-0.3, -0.25) is 0 Å². The minimum Gasteiger partial charge on any atom is -0.475 e. The third-order valence-corrected chi connectivity index (χ3v) is 1.65. The standard InChI is InChI=1S/C8H11FN2O2/c1-4-5(8(2,3)9)11-6(10-4)7(12)13/h1-3H3,(H,10,11)(H,12,13). The summed E-state index contributed by atoms with van der Waals surface area (Å²) >= 11 is 0. The highest BCUT2D eigenvalue weighted by Gasteiger charge is 2.26. The van der Waals surface area contributed by atoms with Crippen molar-refractivity contribution in [3.8, 4) is 0 Å². The summed E-state index contributed by atoms with van der Waals surface area (Å²) in [4.78, 5) is 16.6. The van der Waals surface area contributed by atoms with Gasteiger partial charge in [0.05, 0.1) is 5.69 Å². The van der Waals surface area contributed by atoms with Crippen LogP contribution in [0, 0.1) is 6.92 Å². The van der Waals surface area contributed by atoms with Crippen molar-refractivity contribution in [2.45, 2.75) is 26.4 Å². The Balaban J connectivity index is 3.18. The van der Waals surface area contributed by atoms with Crippen LogP contribution in [0.2, 0.25) is 0 Å². The Kier molecular flexibility index (Phi) is 2.11. The molecule has 0 saturated heterocycles. The van der Waals surface area contributed by atoms with E-state index in [1.165, 1.54) is 13.8 Å². The normalized spacial score (nSPS) is 11.7. The van der Waals surface area contributed by atoms with Gasteiger partial charge in [0.2, 0.25) is 5.82 Å². The van der Waals surface area contributed by atoms with Crippen LogP contribution in [0.3, 0.4) is 0 Å². The topological polar surface area (TPSA) is 66.0 Å². The second kappa shape index (κ2) is 2.83. The van der Waals surface area contributed by atoms with Crippen molar-refractivity contribution in [1.29, 1.82) is 0 Å². The Labute approximate surface area is 74.8 Å². The lowest BCUT2D eigenvalue weighted by Gasteiger charge is -2.10. The molecule has 5 heteroatoms. The van der Waals surface area contributed by atoms with E-state index < -0.39 is 11.6 Å². The van der Waals surface area contributed by atoms with Gasteiger partial charge in [0.15, 0.2) is 0 Å². The molecule has 0 radical (unpaired) electrons. The van der Waals surface area contributed by atoms with Crippen LogP contribution in [0.25, 0.3) is 0 Å². The Morgan fingerprint density at radius 1 is 1.62 bits per heavy atom. The molecule has 1 aromatic heterocycles. The minimum atomic E-state index is -1.62. The number of aryl methyl sites for hydroxylation is 1. The number of nitrogens with one attached hydrogen (secondary N) is 1. The van der Waals surface area contributed by atoms with Crippen molar-refractivity contribution in [2.75, 3.05) is 0 Å². The maximum atomic E-state index is 13.4. The fraction of sp³-hybridized carbons (Fsp3) is 0.500. The third-order valence-electron chi connectivity index (χ3n) is 1.65. The van der Waals surface area contributed by atoms with Crippen LogP contribution in [-0.4, -0.2) is 21.0 Å². The van der Waals surface area contributed by atoms with Crippen LogP contribution in [0.1, 0.15) is 35.9 Å². The number of hydrogen-bond acceptors (Lipinski definition) is 2. The number of hydrogen-bond donors (Lipinski definition) is 2. The summed E-state index contributed by atoms with van der Waals surface area (Å²) in [7, 11) is 0. The molecule has 0 atom stereocenters. The van der Waals surface area contributed by atoms with E-state index in [4.69, 9.17) is 5.11 Å². The van der Waals surface area contributed by atoms with E-state index in [0.717, 1.165) is 0 Å². The van der Waals surface area contributed by atoms with Gasteiger partial charge in [0.25, 0.3) is 0 Å². The number of H-pyrrole nitrogens is 1. The maximum Gasteiger partial charge on any atom is 0.371 e. The summed E-state index contributed by atoms with van der Waals surface area (Å²) in [5.74, 6) is -1.41. The first kappa shape index (κ1) is 9.70. The zero-order chi connectivity index (χ0) is 10.2. The summed E-state index contributed by atoms with van der Waals surface area (Å²) in [6, 6.07) is 0. The Morgan fingerprint density at radius 3 is 2.38 bits per heavy atom. The molecule has 0 aliphatic heterocycles. The van der Waals surface area contributed by atoms with Crippen LogP contribution in [0.4, 0.5) is 4.39 Å². The molecule has 0 bridgehead atoms. The van der Waals surface area contributed by atoms with Crippen molar-refractivity contribution in [2.24, 2.45) is 0 Å². The number of carbonyl (C=O) groups is 1. The molecule has 0 spiro atoms. The SMILES string of the molecule is Cc1[nH]c(C(=O)O)nc1C(C)(C)F. The number of rotatable bonds is 2. The second-order valence-electron chi connectivity index (χ2n) is 3.34. The molecule has 2 N–H and O–H groups in total. The second-order valence-corrected chi connectivity index (χ2v) is 3.34. The molecule has 0 aromatic carbocycles. The first-order valence-corrected chi connectivity index (χ1v) is 3.81. The molecule has 0 aliphatic carbocycles. The van der Waals surface area contributed by atoms with Gasteiger partial charge < -0.3 is 10.1 Å². The van der Waals surface area contributed by atoms with Crippen molar-refractivity contribution < 1.29 is 14.3 Å². The molecular formula is C8H11FN2O2. The summed E-state index contributed by atoms with van der Waals surface area (Å²) in [6.07, 6.45) is 0. The molecule has 1 heterocycles. The first-order valence-electron chi connectivity index (χ1n) is 3.81. The monoisotopic (exact) mass is 186 g/mol.